The van der Waals surface area contributed by atoms with Gasteiger partial charge >= 0.3 is 6.18 Å². The number of aromatic amines is 1. The number of hydrogen-bond donors (Lipinski definition) is 2. The molecule has 0 bridgehead atoms. The summed E-state index contributed by atoms with van der Waals surface area (Å²) >= 11 is 0. The lowest BCUT2D eigenvalue weighted by Crippen LogP contribution is -2.04. The van der Waals surface area contributed by atoms with Crippen molar-refractivity contribution in [2.75, 3.05) is 5.32 Å². The molecular formula is C14H13F3N4. The average molecular weight is 294 g/mol. The van der Waals surface area contributed by atoms with Crippen LogP contribution < -0.4 is 5.32 Å². The van der Waals surface area contributed by atoms with Crippen molar-refractivity contribution in [3.05, 3.63) is 41.1 Å². The number of alkyl halides is 3. The minimum absolute atomic E-state index is 0.0929. The monoisotopic (exact) mass is 294 g/mol. The Hall–Kier alpha value is -2.49. The van der Waals surface area contributed by atoms with Crippen molar-refractivity contribution in [3.63, 3.8) is 0 Å². The molecule has 0 saturated heterocycles. The zero-order chi connectivity index (χ0) is 15.6. The molecule has 0 aliphatic rings. The van der Waals surface area contributed by atoms with Gasteiger partial charge in [0.15, 0.2) is 5.82 Å². The van der Waals surface area contributed by atoms with Gasteiger partial charge in [-0.2, -0.15) is 23.5 Å². The second-order valence-corrected chi connectivity index (χ2v) is 4.83. The molecule has 1 aromatic heterocycles. The molecule has 0 aliphatic carbocycles. The third-order valence-corrected chi connectivity index (χ3v) is 2.96. The van der Waals surface area contributed by atoms with Gasteiger partial charge in [-0.15, -0.1) is 0 Å². The molecule has 0 saturated carbocycles. The predicted octanol–water partition coefficient (Wildman–Crippen LogP) is 4.17. The van der Waals surface area contributed by atoms with Crippen molar-refractivity contribution in [1.82, 2.24) is 10.2 Å². The normalized spacial score (nSPS) is 11.5. The fraction of sp³-hybridized carbons (Fsp3) is 0.286. The lowest BCUT2D eigenvalue weighted by atomic mass is 10.1. The first-order valence-corrected chi connectivity index (χ1v) is 6.25. The molecule has 1 heterocycles. The van der Waals surface area contributed by atoms with Crippen LogP contribution >= 0.6 is 0 Å². The van der Waals surface area contributed by atoms with Crippen LogP contribution in [0.25, 0.3) is 0 Å². The fourth-order valence-electron chi connectivity index (χ4n) is 1.86. The molecule has 0 fully saturated rings. The van der Waals surface area contributed by atoms with E-state index in [1.807, 2.05) is 19.9 Å². The first kappa shape index (κ1) is 14.9. The van der Waals surface area contributed by atoms with Crippen LogP contribution in [0.1, 0.15) is 36.6 Å². The molecule has 21 heavy (non-hydrogen) atoms. The van der Waals surface area contributed by atoms with E-state index < -0.39 is 11.7 Å². The molecule has 2 aromatic rings. The first-order valence-electron chi connectivity index (χ1n) is 6.25. The number of hydrogen-bond acceptors (Lipinski definition) is 3. The Morgan fingerprint density at radius 2 is 1.86 bits per heavy atom. The van der Waals surface area contributed by atoms with Gasteiger partial charge < -0.3 is 5.32 Å². The summed E-state index contributed by atoms with van der Waals surface area (Å²) in [5.74, 6) is 0.399. The number of halogens is 3. The maximum atomic E-state index is 12.5. The van der Waals surface area contributed by atoms with Gasteiger partial charge in [0, 0.05) is 5.69 Å². The highest BCUT2D eigenvalue weighted by Gasteiger charge is 2.30. The Morgan fingerprint density at radius 3 is 2.33 bits per heavy atom. The Labute approximate surface area is 119 Å². The minimum atomic E-state index is -4.37. The van der Waals surface area contributed by atoms with E-state index in [-0.39, 0.29) is 5.92 Å². The first-order chi connectivity index (χ1) is 9.82. The van der Waals surface area contributed by atoms with Crippen LogP contribution in [0.2, 0.25) is 0 Å². The molecule has 4 nitrogen and oxygen atoms in total. The van der Waals surface area contributed by atoms with Gasteiger partial charge in [-0.25, -0.2) is 0 Å². The van der Waals surface area contributed by atoms with Gasteiger partial charge in [-0.1, -0.05) is 13.8 Å². The molecule has 0 unspecified atom stereocenters. The molecule has 7 heteroatoms. The topological polar surface area (TPSA) is 64.5 Å². The lowest BCUT2D eigenvalue weighted by molar-refractivity contribution is -0.137. The van der Waals surface area contributed by atoms with E-state index in [0.29, 0.717) is 22.8 Å². The predicted molar refractivity (Wildman–Crippen MR) is 72.1 cm³/mol. The SMILES string of the molecule is CC(C)c1[nH]nc(Nc2ccc(C(F)(F)F)cc2)c1C#N. The molecule has 0 radical (unpaired) electrons. The number of anilines is 2. The number of nitrogens with one attached hydrogen (secondary N) is 2. The van der Waals surface area contributed by atoms with E-state index in [4.69, 9.17) is 5.26 Å². The molecule has 1 aromatic carbocycles. The summed E-state index contributed by atoms with van der Waals surface area (Å²) in [6.45, 7) is 3.83. The molecule has 0 spiro atoms. The van der Waals surface area contributed by atoms with E-state index in [9.17, 15) is 13.2 Å². The standard InChI is InChI=1S/C14H13F3N4/c1-8(2)12-11(7-18)13(21-20-12)19-10-5-3-9(4-6-10)14(15,16)17/h3-6,8H,1-2H3,(H2,19,20,21). The van der Waals surface area contributed by atoms with Crippen molar-refractivity contribution in [2.24, 2.45) is 0 Å². The number of rotatable bonds is 3. The fourth-order valence-corrected chi connectivity index (χ4v) is 1.86. The van der Waals surface area contributed by atoms with Crippen LogP contribution in [0.4, 0.5) is 24.7 Å². The number of H-pyrrole nitrogens is 1. The van der Waals surface area contributed by atoms with Gasteiger partial charge in [-0.05, 0) is 30.2 Å². The van der Waals surface area contributed by atoms with Crippen molar-refractivity contribution < 1.29 is 13.2 Å². The Balaban J connectivity index is 2.25. The second kappa shape index (κ2) is 5.48. The van der Waals surface area contributed by atoms with Crippen LogP contribution in [0.5, 0.6) is 0 Å². The third-order valence-electron chi connectivity index (χ3n) is 2.96. The van der Waals surface area contributed by atoms with Gasteiger partial charge in [0.25, 0.3) is 0 Å². The summed E-state index contributed by atoms with van der Waals surface area (Å²) in [6, 6.07) is 6.60. The molecular weight excluding hydrogens is 281 g/mol. The largest absolute Gasteiger partial charge is 0.416 e. The van der Waals surface area contributed by atoms with Gasteiger partial charge in [0.1, 0.15) is 11.6 Å². The molecule has 110 valence electrons. The van der Waals surface area contributed by atoms with E-state index in [1.165, 1.54) is 12.1 Å². The highest BCUT2D eigenvalue weighted by Crippen LogP contribution is 2.31. The van der Waals surface area contributed by atoms with Crippen molar-refractivity contribution in [2.45, 2.75) is 25.9 Å². The Bertz CT molecular complexity index is 663. The molecule has 2 N–H and O–H groups in total. The summed E-state index contributed by atoms with van der Waals surface area (Å²) in [5, 5.41) is 18.8. The van der Waals surface area contributed by atoms with E-state index in [1.54, 1.807) is 0 Å². The highest BCUT2D eigenvalue weighted by molar-refractivity contribution is 5.64. The number of nitrogens with zero attached hydrogens (tertiary/aromatic N) is 2. The van der Waals surface area contributed by atoms with Gasteiger partial charge in [0.05, 0.1) is 11.3 Å². The smallest absolute Gasteiger partial charge is 0.338 e. The van der Waals surface area contributed by atoms with Crippen molar-refractivity contribution >= 4 is 11.5 Å². The summed E-state index contributed by atoms with van der Waals surface area (Å²) < 4.78 is 37.4. The van der Waals surface area contributed by atoms with Crippen LogP contribution in [-0.2, 0) is 6.18 Å². The van der Waals surface area contributed by atoms with Crippen LogP contribution in [-0.4, -0.2) is 10.2 Å². The zero-order valence-corrected chi connectivity index (χ0v) is 11.4. The van der Waals surface area contributed by atoms with E-state index in [0.717, 1.165) is 12.1 Å². The van der Waals surface area contributed by atoms with Crippen molar-refractivity contribution in [1.29, 1.82) is 5.26 Å². The summed E-state index contributed by atoms with van der Waals surface area (Å²) in [6.07, 6.45) is -4.37. The zero-order valence-electron chi connectivity index (χ0n) is 11.4. The van der Waals surface area contributed by atoms with Gasteiger partial charge in [-0.3, -0.25) is 5.10 Å². The van der Waals surface area contributed by atoms with Gasteiger partial charge in [0.2, 0.25) is 0 Å². The summed E-state index contributed by atoms with van der Waals surface area (Å²) in [5.41, 5.74) is 0.761. The highest BCUT2D eigenvalue weighted by atomic mass is 19.4. The summed E-state index contributed by atoms with van der Waals surface area (Å²) in [4.78, 5) is 0. The van der Waals surface area contributed by atoms with Crippen molar-refractivity contribution in [3.8, 4) is 6.07 Å². The molecule has 0 atom stereocenters. The Morgan fingerprint density at radius 1 is 1.24 bits per heavy atom. The summed E-state index contributed by atoms with van der Waals surface area (Å²) in [7, 11) is 0. The Kier molecular flexibility index (Phi) is 3.89. The minimum Gasteiger partial charge on any atom is -0.338 e. The van der Waals surface area contributed by atoms with Crippen LogP contribution in [0.15, 0.2) is 24.3 Å². The maximum absolute atomic E-state index is 12.5. The number of nitriles is 1. The second-order valence-electron chi connectivity index (χ2n) is 4.83. The lowest BCUT2D eigenvalue weighted by Gasteiger charge is -2.08. The average Bonchev–Trinajstić information content (AvgIpc) is 2.81. The molecule has 0 amide bonds. The van der Waals surface area contributed by atoms with Crippen LogP contribution in [0.3, 0.4) is 0 Å². The number of benzene rings is 1. The molecule has 0 aliphatic heterocycles. The third kappa shape index (κ3) is 3.16. The quantitative estimate of drug-likeness (QED) is 0.893. The van der Waals surface area contributed by atoms with Crippen LogP contribution in [0, 0.1) is 11.3 Å². The van der Waals surface area contributed by atoms with E-state index >= 15 is 0 Å². The number of aromatic nitrogens is 2. The molecule has 2 rings (SSSR count). The maximum Gasteiger partial charge on any atom is 0.416 e. The van der Waals surface area contributed by atoms with E-state index in [2.05, 4.69) is 15.5 Å².